The number of alkyl carbamates (subject to hydrolysis) is 2. The lowest BCUT2D eigenvalue weighted by atomic mass is 9.96. The Hall–Kier alpha value is -5.47. The first-order valence-corrected chi connectivity index (χ1v) is 19.8. The van der Waals surface area contributed by atoms with E-state index in [0.717, 1.165) is 4.90 Å². The predicted molar refractivity (Wildman–Crippen MR) is 194 cm³/mol. The third-order valence-corrected chi connectivity index (χ3v) is 11.4. The maximum absolute atomic E-state index is 14.5. The van der Waals surface area contributed by atoms with E-state index in [0.29, 0.717) is 24.0 Å². The summed E-state index contributed by atoms with van der Waals surface area (Å²) in [5, 5.41) is 6.40. The van der Waals surface area contributed by atoms with E-state index in [1.165, 1.54) is 37.0 Å². The van der Waals surface area contributed by atoms with Gasteiger partial charge in [0.1, 0.15) is 47.9 Å². The van der Waals surface area contributed by atoms with Crippen molar-refractivity contribution in [3.8, 4) is 0 Å². The van der Waals surface area contributed by atoms with Crippen LogP contribution in [0.15, 0.2) is 30.9 Å². The zero-order valence-electron chi connectivity index (χ0n) is 32.1. The molecule has 1 aromatic rings. The second-order valence-corrected chi connectivity index (χ2v) is 17.5. The number of rotatable bonds is 13. The summed E-state index contributed by atoms with van der Waals surface area (Å²) in [6.45, 7) is 9.75. The monoisotopic (exact) mass is 822 g/mol. The number of ether oxygens (including phenoxy) is 4. The van der Waals surface area contributed by atoms with Crippen LogP contribution in [0.25, 0.3) is 0 Å². The summed E-state index contributed by atoms with van der Waals surface area (Å²) in [6, 6.07) is 0.175. The number of carbonyl (C=O) groups excluding carboxylic acids is 7. The number of carbonyl (C=O) groups is 7. The van der Waals surface area contributed by atoms with Crippen LogP contribution in [-0.2, 0) is 61.2 Å². The Bertz CT molecular complexity index is 1940. The largest absolute Gasteiger partial charge is 0.458 e. The summed E-state index contributed by atoms with van der Waals surface area (Å²) in [5.41, 5.74) is -2.06. The van der Waals surface area contributed by atoms with Gasteiger partial charge in [-0.05, 0) is 65.5 Å². The molecule has 19 nitrogen and oxygen atoms in total. The lowest BCUT2D eigenvalue weighted by molar-refractivity contribution is -0.174. The van der Waals surface area contributed by atoms with Gasteiger partial charge in [0.15, 0.2) is 6.04 Å². The van der Waals surface area contributed by atoms with Crippen molar-refractivity contribution in [1.82, 2.24) is 30.5 Å². The van der Waals surface area contributed by atoms with Gasteiger partial charge in [-0.1, -0.05) is 18.2 Å². The minimum absolute atomic E-state index is 0.0304. The van der Waals surface area contributed by atoms with E-state index in [9.17, 15) is 46.4 Å². The zero-order valence-corrected chi connectivity index (χ0v) is 32.9. The summed E-state index contributed by atoms with van der Waals surface area (Å²) in [4.78, 5) is 94.8. The number of hydrogen-bond donors (Lipinski definition) is 4. The van der Waals surface area contributed by atoms with Crippen molar-refractivity contribution in [2.45, 2.75) is 120 Å². The molecule has 0 radical (unpaired) electrons. The topological polar surface area (TPSA) is 245 Å². The van der Waals surface area contributed by atoms with Crippen molar-refractivity contribution in [3.05, 3.63) is 47.8 Å². The molecule has 6 atom stereocenters. The number of nitrogens with one attached hydrogen (secondary N) is 4. The van der Waals surface area contributed by atoms with E-state index in [2.05, 4.69) is 22.5 Å². The molecule has 3 heterocycles. The smallest absolute Gasteiger partial charge is 0.410 e. The zero-order chi connectivity index (χ0) is 42.0. The highest BCUT2D eigenvalue weighted by molar-refractivity contribution is 7.91. The van der Waals surface area contributed by atoms with Crippen molar-refractivity contribution in [1.29, 1.82) is 0 Å². The van der Waals surface area contributed by atoms with Gasteiger partial charge in [-0.15, -0.1) is 6.58 Å². The third-order valence-electron chi connectivity index (χ3n) is 9.62. The molecule has 1 aliphatic carbocycles. The molecule has 57 heavy (non-hydrogen) atoms. The summed E-state index contributed by atoms with van der Waals surface area (Å²) < 4.78 is 62.8. The molecular formula is C36H47FN6O13S. The number of benzene rings is 1. The van der Waals surface area contributed by atoms with Gasteiger partial charge in [0, 0.05) is 18.5 Å². The summed E-state index contributed by atoms with van der Waals surface area (Å²) in [7, 11) is -4.04. The Balaban J connectivity index is 1.39. The van der Waals surface area contributed by atoms with Gasteiger partial charge in [0.25, 0.3) is 5.91 Å². The minimum Gasteiger partial charge on any atom is -0.458 e. The molecule has 21 heteroatoms. The van der Waals surface area contributed by atoms with Crippen LogP contribution in [0.4, 0.5) is 18.8 Å². The fourth-order valence-electron chi connectivity index (χ4n) is 6.42. The van der Waals surface area contributed by atoms with Crippen molar-refractivity contribution < 1.29 is 65.3 Å². The Morgan fingerprint density at radius 1 is 1.09 bits per heavy atom. The van der Waals surface area contributed by atoms with E-state index in [-0.39, 0.29) is 25.9 Å². The number of cyclic esters (lactones) is 1. The molecule has 6 amide bonds. The predicted octanol–water partition coefficient (Wildman–Crippen LogP) is 1.24. The van der Waals surface area contributed by atoms with Crippen LogP contribution < -0.4 is 20.7 Å². The summed E-state index contributed by atoms with van der Waals surface area (Å²) >= 11 is 0. The van der Waals surface area contributed by atoms with Gasteiger partial charge in [-0.25, -0.2) is 32.0 Å². The van der Waals surface area contributed by atoms with Crippen LogP contribution >= 0.6 is 0 Å². The Morgan fingerprint density at radius 2 is 1.79 bits per heavy atom. The Kier molecular flexibility index (Phi) is 12.4. The van der Waals surface area contributed by atoms with Crippen LogP contribution in [-0.4, -0.2) is 120 Å². The van der Waals surface area contributed by atoms with Crippen molar-refractivity contribution in [2.24, 2.45) is 0 Å². The number of hydrogen-bond acceptors (Lipinski definition) is 13. The second kappa shape index (κ2) is 16.6. The number of sulfonamides is 1. The molecule has 4 N–H and O–H groups in total. The number of fused-ring (bicyclic) bond motifs is 1. The molecule has 4 aliphatic rings. The van der Waals surface area contributed by atoms with E-state index in [1.54, 1.807) is 26.8 Å². The molecule has 6 unspecified atom stereocenters. The first-order chi connectivity index (χ1) is 26.6. The van der Waals surface area contributed by atoms with Crippen LogP contribution in [0.1, 0.15) is 71.4 Å². The summed E-state index contributed by atoms with van der Waals surface area (Å²) in [6.07, 6.45) is -3.50. The van der Waals surface area contributed by atoms with E-state index >= 15 is 0 Å². The van der Waals surface area contributed by atoms with E-state index < -0.39 is 118 Å². The van der Waals surface area contributed by atoms with Crippen molar-refractivity contribution in [2.75, 3.05) is 13.2 Å². The molecule has 312 valence electrons. The first kappa shape index (κ1) is 42.7. The number of esters is 1. The highest BCUT2D eigenvalue weighted by Gasteiger charge is 2.48. The lowest BCUT2D eigenvalue weighted by Crippen LogP contribution is -2.62. The van der Waals surface area contributed by atoms with Crippen LogP contribution in [0.3, 0.4) is 0 Å². The number of amides is 6. The number of nitrogens with zero attached hydrogens (tertiary/aromatic N) is 2. The maximum Gasteiger partial charge on any atom is 0.410 e. The molecule has 3 aliphatic heterocycles. The molecule has 2 saturated heterocycles. The van der Waals surface area contributed by atoms with Crippen LogP contribution in [0.5, 0.6) is 0 Å². The molecule has 5 rings (SSSR count). The average molecular weight is 823 g/mol. The van der Waals surface area contributed by atoms with E-state index in [1.807, 2.05) is 4.72 Å². The molecule has 3 fully saturated rings. The molecule has 0 bridgehead atoms. The molecular weight excluding hydrogens is 775 g/mol. The average Bonchev–Trinajstić information content (AvgIpc) is 3.76. The minimum atomic E-state index is -4.04. The fourth-order valence-corrected chi connectivity index (χ4v) is 7.83. The van der Waals surface area contributed by atoms with Gasteiger partial charge in [-0.2, -0.15) is 0 Å². The van der Waals surface area contributed by atoms with Crippen LogP contribution in [0, 0.1) is 5.82 Å². The molecule has 1 aromatic carbocycles. The third kappa shape index (κ3) is 10.3. The SMILES string of the molecule is C=CCC(C)(NC(=O)C1CC(OC(=O)N2Cc3cccc(F)c3C2)CN1C(=O)C(COC(=O)NC1C(=O)OC1C)NC(=O)OC(C)(C)C)C(=O)NS(=O)(=O)C1CC1. The number of likely N-dealkylation sites (tertiary alicyclic amines) is 1. The maximum atomic E-state index is 14.5. The van der Waals surface area contributed by atoms with Gasteiger partial charge in [0.2, 0.25) is 21.8 Å². The normalized spacial score (nSPS) is 23.0. The Labute approximate surface area is 328 Å². The standard InChI is InChI=1S/C36H47FN6O13S/c1-7-13-36(6,31(47)41-57(51,52)22-11-12-22)40-28(44)26-14-21(55-34(50)42-15-20-9-8-10-24(37)23(20)17-42)16-43(26)29(45)25(38-33(49)56-35(3,4)5)18-53-32(48)39-27-19(2)54-30(27)46/h7-10,19,21-22,25-27H,1,11-18H2,2-6H3,(H,38,49)(H,39,48)(H,40,44)(H,41,47). The van der Waals surface area contributed by atoms with Crippen molar-refractivity contribution in [3.63, 3.8) is 0 Å². The molecule has 0 aromatic heterocycles. The first-order valence-electron chi connectivity index (χ1n) is 18.3. The lowest BCUT2D eigenvalue weighted by Gasteiger charge is -2.33. The highest BCUT2D eigenvalue weighted by atomic mass is 32.2. The highest BCUT2D eigenvalue weighted by Crippen LogP contribution is 2.30. The van der Waals surface area contributed by atoms with Gasteiger partial charge in [0.05, 0.1) is 18.3 Å². The quantitative estimate of drug-likeness (QED) is 0.125. The van der Waals surface area contributed by atoms with E-state index in [4.69, 9.17) is 18.9 Å². The fraction of sp³-hybridized carbons (Fsp3) is 0.583. The summed E-state index contributed by atoms with van der Waals surface area (Å²) in [5.74, 6) is -4.25. The van der Waals surface area contributed by atoms with Gasteiger partial charge < -0.3 is 39.8 Å². The van der Waals surface area contributed by atoms with Crippen molar-refractivity contribution >= 4 is 52.0 Å². The molecule has 1 saturated carbocycles. The Morgan fingerprint density at radius 3 is 2.39 bits per heavy atom. The molecule has 0 spiro atoms. The second-order valence-electron chi connectivity index (χ2n) is 15.5. The van der Waals surface area contributed by atoms with Gasteiger partial charge >= 0.3 is 24.2 Å². The number of halogens is 1. The van der Waals surface area contributed by atoms with Gasteiger partial charge in [-0.3, -0.25) is 24.0 Å². The van der Waals surface area contributed by atoms with Crippen LogP contribution in [0.2, 0.25) is 0 Å².